The van der Waals surface area contributed by atoms with Crippen LogP contribution >= 0.6 is 0 Å². The number of aromatic nitrogens is 2. The first-order valence-corrected chi connectivity index (χ1v) is 5.68. The van der Waals surface area contributed by atoms with E-state index in [2.05, 4.69) is 10.3 Å². The van der Waals surface area contributed by atoms with E-state index < -0.39 is 0 Å². The molecule has 0 amide bonds. The first kappa shape index (κ1) is 12.2. The summed E-state index contributed by atoms with van der Waals surface area (Å²) in [6.45, 7) is 4.73. The number of oxime groups is 1. The van der Waals surface area contributed by atoms with Crippen LogP contribution in [0, 0.1) is 13.8 Å². The predicted octanol–water partition coefficient (Wildman–Crippen LogP) is 1.64. The smallest absolute Gasteiger partial charge is 0.170 e. The molecule has 2 rings (SSSR count). The molecule has 0 saturated carbocycles. The standard InChI is InChI=1S/C13H16N4O/c1-9-7-10(2)17(15-9)8-11-3-5-12(6-4-11)13(14)16-18/h3-7,18H,8H2,1-2H3,(H2,14,16). The third-order valence-electron chi connectivity index (χ3n) is 2.79. The number of amidine groups is 1. The van der Waals surface area contributed by atoms with Crippen molar-refractivity contribution in [2.75, 3.05) is 0 Å². The summed E-state index contributed by atoms with van der Waals surface area (Å²) in [5.74, 6) is 0.118. The van der Waals surface area contributed by atoms with Gasteiger partial charge in [-0.3, -0.25) is 4.68 Å². The SMILES string of the molecule is Cc1cc(C)n(Cc2ccc(/C(N)=N/O)cc2)n1. The molecule has 0 spiro atoms. The monoisotopic (exact) mass is 244 g/mol. The molecule has 0 fully saturated rings. The second-order valence-corrected chi connectivity index (χ2v) is 4.27. The van der Waals surface area contributed by atoms with Crippen molar-refractivity contribution in [2.24, 2.45) is 10.9 Å². The Kier molecular flexibility index (Phi) is 3.32. The maximum absolute atomic E-state index is 8.58. The largest absolute Gasteiger partial charge is 0.409 e. The summed E-state index contributed by atoms with van der Waals surface area (Å²) in [7, 11) is 0. The molecule has 1 aromatic heterocycles. The van der Waals surface area contributed by atoms with E-state index in [1.54, 1.807) is 0 Å². The van der Waals surface area contributed by atoms with Crippen LogP contribution in [0.3, 0.4) is 0 Å². The van der Waals surface area contributed by atoms with Crippen LogP contribution in [0.5, 0.6) is 0 Å². The van der Waals surface area contributed by atoms with E-state index in [1.807, 2.05) is 48.9 Å². The molecule has 18 heavy (non-hydrogen) atoms. The zero-order valence-corrected chi connectivity index (χ0v) is 10.5. The Morgan fingerprint density at radius 2 is 2.00 bits per heavy atom. The Morgan fingerprint density at radius 3 is 2.50 bits per heavy atom. The van der Waals surface area contributed by atoms with E-state index in [4.69, 9.17) is 10.9 Å². The number of benzene rings is 1. The fraction of sp³-hybridized carbons (Fsp3) is 0.231. The van der Waals surface area contributed by atoms with Gasteiger partial charge in [-0.2, -0.15) is 5.10 Å². The fourth-order valence-corrected chi connectivity index (χ4v) is 1.85. The summed E-state index contributed by atoms with van der Waals surface area (Å²) < 4.78 is 1.95. The molecule has 3 N–H and O–H groups in total. The van der Waals surface area contributed by atoms with Crippen molar-refractivity contribution in [1.29, 1.82) is 0 Å². The molecule has 5 heteroatoms. The van der Waals surface area contributed by atoms with Gasteiger partial charge in [-0.05, 0) is 25.5 Å². The van der Waals surface area contributed by atoms with Gasteiger partial charge in [0.1, 0.15) is 0 Å². The van der Waals surface area contributed by atoms with Gasteiger partial charge in [0, 0.05) is 11.3 Å². The van der Waals surface area contributed by atoms with Crippen molar-refractivity contribution in [3.63, 3.8) is 0 Å². The molecule has 0 aliphatic heterocycles. The van der Waals surface area contributed by atoms with Gasteiger partial charge in [0.25, 0.3) is 0 Å². The number of nitrogens with two attached hydrogens (primary N) is 1. The van der Waals surface area contributed by atoms with Crippen molar-refractivity contribution < 1.29 is 5.21 Å². The number of aryl methyl sites for hydroxylation is 2. The lowest BCUT2D eigenvalue weighted by atomic mass is 10.1. The van der Waals surface area contributed by atoms with Crippen molar-refractivity contribution in [3.8, 4) is 0 Å². The van der Waals surface area contributed by atoms with Gasteiger partial charge in [-0.1, -0.05) is 29.4 Å². The van der Waals surface area contributed by atoms with E-state index >= 15 is 0 Å². The lowest BCUT2D eigenvalue weighted by Crippen LogP contribution is -2.13. The Balaban J connectivity index is 2.18. The zero-order valence-electron chi connectivity index (χ0n) is 10.5. The second kappa shape index (κ2) is 4.91. The van der Waals surface area contributed by atoms with E-state index in [-0.39, 0.29) is 5.84 Å². The molecule has 2 aromatic rings. The summed E-state index contributed by atoms with van der Waals surface area (Å²) >= 11 is 0. The molecule has 0 unspecified atom stereocenters. The highest BCUT2D eigenvalue weighted by atomic mass is 16.4. The lowest BCUT2D eigenvalue weighted by molar-refractivity contribution is 0.318. The summed E-state index contributed by atoms with van der Waals surface area (Å²) in [4.78, 5) is 0. The normalized spacial score (nSPS) is 11.8. The number of nitrogens with zero attached hydrogens (tertiary/aromatic N) is 3. The number of hydrogen-bond donors (Lipinski definition) is 2. The molecule has 1 heterocycles. The zero-order chi connectivity index (χ0) is 13.1. The van der Waals surface area contributed by atoms with E-state index in [1.165, 1.54) is 0 Å². The van der Waals surface area contributed by atoms with Crippen LogP contribution in [0.4, 0.5) is 0 Å². The minimum Gasteiger partial charge on any atom is -0.409 e. The third kappa shape index (κ3) is 2.51. The van der Waals surface area contributed by atoms with Crippen LogP contribution in [-0.2, 0) is 6.54 Å². The Bertz CT molecular complexity index is 569. The highest BCUT2D eigenvalue weighted by Gasteiger charge is 2.03. The summed E-state index contributed by atoms with van der Waals surface area (Å²) in [5.41, 5.74) is 9.48. The van der Waals surface area contributed by atoms with Crippen molar-refractivity contribution >= 4 is 5.84 Å². The molecule has 0 saturated heterocycles. The maximum Gasteiger partial charge on any atom is 0.170 e. The predicted molar refractivity (Wildman–Crippen MR) is 69.8 cm³/mol. The fourth-order valence-electron chi connectivity index (χ4n) is 1.85. The number of hydrogen-bond acceptors (Lipinski definition) is 3. The topological polar surface area (TPSA) is 76.4 Å². The van der Waals surface area contributed by atoms with Crippen LogP contribution < -0.4 is 5.73 Å². The average molecular weight is 244 g/mol. The van der Waals surface area contributed by atoms with Crippen LogP contribution in [0.2, 0.25) is 0 Å². The van der Waals surface area contributed by atoms with E-state index in [0.29, 0.717) is 5.56 Å². The maximum atomic E-state index is 8.58. The highest BCUT2D eigenvalue weighted by Crippen LogP contribution is 2.09. The van der Waals surface area contributed by atoms with Gasteiger partial charge in [0.05, 0.1) is 12.2 Å². The summed E-state index contributed by atoms with van der Waals surface area (Å²) in [6.07, 6.45) is 0. The van der Waals surface area contributed by atoms with Crippen LogP contribution in [-0.4, -0.2) is 20.8 Å². The van der Waals surface area contributed by atoms with Crippen LogP contribution in [0.25, 0.3) is 0 Å². The number of rotatable bonds is 3. The molecular formula is C13H16N4O. The minimum absolute atomic E-state index is 0.118. The van der Waals surface area contributed by atoms with Gasteiger partial charge < -0.3 is 10.9 Å². The Morgan fingerprint density at radius 1 is 1.33 bits per heavy atom. The Labute approximate surface area is 106 Å². The van der Waals surface area contributed by atoms with Gasteiger partial charge in [0.2, 0.25) is 0 Å². The van der Waals surface area contributed by atoms with Crippen molar-refractivity contribution in [2.45, 2.75) is 20.4 Å². The molecule has 5 nitrogen and oxygen atoms in total. The molecule has 0 radical (unpaired) electrons. The molecule has 0 aliphatic rings. The van der Waals surface area contributed by atoms with Crippen molar-refractivity contribution in [3.05, 3.63) is 52.8 Å². The molecular weight excluding hydrogens is 228 g/mol. The van der Waals surface area contributed by atoms with Gasteiger partial charge in [-0.25, -0.2) is 0 Å². The third-order valence-corrected chi connectivity index (χ3v) is 2.79. The molecule has 1 aromatic carbocycles. The molecule has 94 valence electrons. The summed E-state index contributed by atoms with van der Waals surface area (Å²) in [5, 5.41) is 16.0. The van der Waals surface area contributed by atoms with E-state index in [9.17, 15) is 0 Å². The Hall–Kier alpha value is -2.30. The quantitative estimate of drug-likeness (QED) is 0.373. The second-order valence-electron chi connectivity index (χ2n) is 4.27. The van der Waals surface area contributed by atoms with Crippen LogP contribution in [0.15, 0.2) is 35.5 Å². The lowest BCUT2D eigenvalue weighted by Gasteiger charge is -2.05. The molecule has 0 atom stereocenters. The first-order valence-electron chi connectivity index (χ1n) is 5.68. The molecule has 0 aliphatic carbocycles. The van der Waals surface area contributed by atoms with Crippen LogP contribution in [0.1, 0.15) is 22.5 Å². The van der Waals surface area contributed by atoms with E-state index in [0.717, 1.165) is 23.5 Å². The summed E-state index contributed by atoms with van der Waals surface area (Å²) in [6, 6.07) is 9.60. The van der Waals surface area contributed by atoms with Gasteiger partial charge in [0.15, 0.2) is 5.84 Å². The average Bonchev–Trinajstić information content (AvgIpc) is 2.68. The van der Waals surface area contributed by atoms with Gasteiger partial charge in [-0.15, -0.1) is 0 Å². The van der Waals surface area contributed by atoms with Crippen molar-refractivity contribution in [1.82, 2.24) is 9.78 Å². The minimum atomic E-state index is 0.118. The highest BCUT2D eigenvalue weighted by molar-refractivity contribution is 5.96. The molecule has 0 bridgehead atoms. The van der Waals surface area contributed by atoms with Gasteiger partial charge >= 0.3 is 0 Å². The first-order chi connectivity index (χ1) is 8.60.